The minimum atomic E-state index is -0.258. The second-order valence-corrected chi connectivity index (χ2v) is 7.06. The maximum atomic E-state index is 12.1. The molecule has 2 aromatic rings. The third kappa shape index (κ3) is 6.21. The molecule has 0 aliphatic heterocycles. The smallest absolute Gasteiger partial charge is 0.332 e. The Morgan fingerprint density at radius 1 is 1.31 bits per heavy atom. The fourth-order valence-corrected chi connectivity index (χ4v) is 3.11. The summed E-state index contributed by atoms with van der Waals surface area (Å²) in [6.07, 6.45) is 8.15. The molecule has 2 rings (SSSR count). The summed E-state index contributed by atoms with van der Waals surface area (Å²) in [5.74, 6) is 4.68. The van der Waals surface area contributed by atoms with E-state index >= 15 is 0 Å². The number of hydrogen-bond donors (Lipinski definition) is 1. The highest BCUT2D eigenvalue weighted by Gasteiger charge is 2.11. The fourth-order valence-electron chi connectivity index (χ4n) is 1.95. The van der Waals surface area contributed by atoms with Crippen LogP contribution in [0.4, 0.5) is 10.5 Å². The summed E-state index contributed by atoms with van der Waals surface area (Å²) < 4.78 is 7.25. The Kier molecular flexibility index (Phi) is 8.19. The molecule has 1 heterocycles. The van der Waals surface area contributed by atoms with Gasteiger partial charge in [0.05, 0.1) is 6.54 Å². The number of anilines is 1. The molecule has 136 valence electrons. The molecular formula is C19H21N3O2S2. The Hall–Kier alpha value is -2.30. The van der Waals surface area contributed by atoms with Gasteiger partial charge in [0.15, 0.2) is 0 Å². The highest BCUT2D eigenvalue weighted by atomic mass is 32.2. The largest absolute Gasteiger partial charge is 0.439 e. The van der Waals surface area contributed by atoms with Crippen LogP contribution in [0.5, 0.6) is 11.6 Å². The molecule has 0 unspecified atom stereocenters. The molecule has 0 aliphatic rings. The zero-order valence-electron chi connectivity index (χ0n) is 14.8. The summed E-state index contributed by atoms with van der Waals surface area (Å²) in [6, 6.07) is 12.6. The number of amides is 2. The number of urea groups is 1. The number of nitrogens with zero attached hydrogens (tertiary/aromatic N) is 2. The summed E-state index contributed by atoms with van der Waals surface area (Å²) in [5, 5.41) is 3.74. The van der Waals surface area contributed by atoms with Crippen LogP contribution in [0.3, 0.4) is 0 Å². The number of ether oxygens (including phenoxy) is 1. The van der Waals surface area contributed by atoms with Crippen molar-refractivity contribution in [1.82, 2.24) is 9.29 Å². The van der Waals surface area contributed by atoms with Gasteiger partial charge in [-0.05, 0) is 54.5 Å². The third-order valence-electron chi connectivity index (χ3n) is 3.16. The highest BCUT2D eigenvalue weighted by molar-refractivity contribution is 7.99. The Morgan fingerprint density at radius 3 is 2.73 bits per heavy atom. The monoisotopic (exact) mass is 387 g/mol. The van der Waals surface area contributed by atoms with Gasteiger partial charge in [-0.2, -0.15) is 0 Å². The zero-order valence-corrected chi connectivity index (χ0v) is 16.4. The van der Waals surface area contributed by atoms with Gasteiger partial charge in [0.2, 0.25) is 5.88 Å². The van der Waals surface area contributed by atoms with E-state index in [1.54, 1.807) is 42.3 Å². The number of carbonyl (C=O) groups is 1. The second kappa shape index (κ2) is 10.6. The molecule has 2 amide bonds. The molecule has 0 spiro atoms. The quantitative estimate of drug-likeness (QED) is 0.387. The lowest BCUT2D eigenvalue weighted by Crippen LogP contribution is -2.29. The van der Waals surface area contributed by atoms with E-state index in [0.717, 1.165) is 17.2 Å². The molecule has 1 aromatic carbocycles. The Balaban J connectivity index is 1.97. The van der Waals surface area contributed by atoms with Crippen molar-refractivity contribution in [1.29, 1.82) is 0 Å². The van der Waals surface area contributed by atoms with Crippen molar-refractivity contribution in [2.24, 2.45) is 0 Å². The van der Waals surface area contributed by atoms with Crippen LogP contribution in [0.15, 0.2) is 47.5 Å². The predicted molar refractivity (Wildman–Crippen MR) is 110 cm³/mol. The van der Waals surface area contributed by atoms with Crippen molar-refractivity contribution in [3.63, 3.8) is 0 Å². The molecule has 7 heteroatoms. The SMILES string of the molecule is C#CCN(SC)C(=O)Nc1ccc(Oc2cccc(SCCC)n2)cc1. The first-order valence-corrected chi connectivity index (χ1v) is 10.3. The van der Waals surface area contributed by atoms with E-state index in [0.29, 0.717) is 17.3 Å². The molecule has 0 atom stereocenters. The van der Waals surface area contributed by atoms with E-state index in [9.17, 15) is 4.79 Å². The minimum absolute atomic E-state index is 0.242. The summed E-state index contributed by atoms with van der Waals surface area (Å²) in [5.41, 5.74) is 0.665. The van der Waals surface area contributed by atoms with Crippen molar-refractivity contribution >= 4 is 35.4 Å². The van der Waals surface area contributed by atoms with Crippen LogP contribution < -0.4 is 10.1 Å². The van der Waals surface area contributed by atoms with Crippen molar-refractivity contribution in [2.75, 3.05) is 23.9 Å². The van der Waals surface area contributed by atoms with Crippen LogP contribution in [0.1, 0.15) is 13.3 Å². The van der Waals surface area contributed by atoms with Gasteiger partial charge in [0.1, 0.15) is 10.8 Å². The first-order valence-electron chi connectivity index (χ1n) is 8.10. The van der Waals surface area contributed by atoms with Crippen LogP contribution in [0.25, 0.3) is 0 Å². The Labute approximate surface area is 163 Å². The molecule has 26 heavy (non-hydrogen) atoms. The van der Waals surface area contributed by atoms with Crippen LogP contribution in [0.2, 0.25) is 0 Å². The van der Waals surface area contributed by atoms with Gasteiger partial charge in [-0.3, -0.25) is 4.31 Å². The van der Waals surface area contributed by atoms with Crippen LogP contribution in [-0.2, 0) is 0 Å². The van der Waals surface area contributed by atoms with Gasteiger partial charge in [-0.1, -0.05) is 18.9 Å². The predicted octanol–water partition coefficient (Wildman–Crippen LogP) is 5.12. The number of terminal acetylenes is 1. The number of nitrogens with one attached hydrogen (secondary N) is 1. The van der Waals surface area contributed by atoms with Gasteiger partial charge in [0, 0.05) is 18.0 Å². The van der Waals surface area contributed by atoms with E-state index in [2.05, 4.69) is 23.1 Å². The lowest BCUT2D eigenvalue weighted by molar-refractivity contribution is 0.241. The first kappa shape index (κ1) is 20.0. The summed E-state index contributed by atoms with van der Waals surface area (Å²) in [4.78, 5) is 16.6. The third-order valence-corrected chi connectivity index (χ3v) is 5.03. The lowest BCUT2D eigenvalue weighted by Gasteiger charge is -2.17. The molecule has 1 aromatic heterocycles. The van der Waals surface area contributed by atoms with Crippen LogP contribution >= 0.6 is 23.7 Å². The number of rotatable bonds is 8. The molecule has 0 bridgehead atoms. The van der Waals surface area contributed by atoms with E-state index in [-0.39, 0.29) is 12.6 Å². The van der Waals surface area contributed by atoms with E-state index < -0.39 is 0 Å². The summed E-state index contributed by atoms with van der Waals surface area (Å²) >= 11 is 2.98. The fraction of sp³-hybridized carbons (Fsp3) is 0.263. The van der Waals surface area contributed by atoms with Gasteiger partial charge in [-0.25, -0.2) is 9.78 Å². The average molecular weight is 388 g/mol. The van der Waals surface area contributed by atoms with Gasteiger partial charge >= 0.3 is 6.03 Å². The molecule has 5 nitrogen and oxygen atoms in total. The molecule has 0 saturated heterocycles. The average Bonchev–Trinajstić information content (AvgIpc) is 2.66. The standard InChI is InChI=1S/C19H21N3O2S2/c1-4-13-22(25-3)19(23)20-15-9-11-16(12-10-15)24-17-7-6-8-18(21-17)26-14-5-2/h1,6-12H,5,13-14H2,2-3H3,(H,20,23). The van der Waals surface area contributed by atoms with Crippen LogP contribution in [-0.4, -0.2) is 33.9 Å². The number of thioether (sulfide) groups is 1. The molecule has 0 saturated carbocycles. The Bertz CT molecular complexity index is 760. The second-order valence-electron chi connectivity index (χ2n) is 5.14. The summed E-state index contributed by atoms with van der Waals surface area (Å²) in [7, 11) is 0. The van der Waals surface area contributed by atoms with Crippen molar-refractivity contribution in [3.8, 4) is 24.0 Å². The topological polar surface area (TPSA) is 54.5 Å². The van der Waals surface area contributed by atoms with Crippen molar-refractivity contribution < 1.29 is 9.53 Å². The molecule has 0 aliphatic carbocycles. The first-order chi connectivity index (χ1) is 12.7. The Morgan fingerprint density at radius 2 is 2.08 bits per heavy atom. The number of hydrogen-bond acceptors (Lipinski definition) is 5. The lowest BCUT2D eigenvalue weighted by atomic mass is 10.3. The number of carbonyl (C=O) groups excluding carboxylic acids is 1. The van der Waals surface area contributed by atoms with Crippen molar-refractivity contribution in [2.45, 2.75) is 18.4 Å². The number of benzene rings is 1. The van der Waals surface area contributed by atoms with E-state index in [1.807, 2.05) is 18.2 Å². The normalized spacial score (nSPS) is 10.0. The molecule has 1 N–H and O–H groups in total. The van der Waals surface area contributed by atoms with Crippen molar-refractivity contribution in [3.05, 3.63) is 42.5 Å². The number of aromatic nitrogens is 1. The zero-order chi connectivity index (χ0) is 18.8. The minimum Gasteiger partial charge on any atom is -0.439 e. The summed E-state index contributed by atoms with van der Waals surface area (Å²) in [6.45, 7) is 2.38. The van der Waals surface area contributed by atoms with Crippen LogP contribution in [0, 0.1) is 12.3 Å². The van der Waals surface area contributed by atoms with E-state index in [1.165, 1.54) is 16.3 Å². The van der Waals surface area contributed by atoms with E-state index in [4.69, 9.17) is 11.2 Å². The highest BCUT2D eigenvalue weighted by Crippen LogP contribution is 2.24. The molecule has 0 radical (unpaired) electrons. The van der Waals surface area contributed by atoms with Gasteiger partial charge in [0.25, 0.3) is 0 Å². The maximum absolute atomic E-state index is 12.1. The molecule has 0 fully saturated rings. The van der Waals surface area contributed by atoms with Gasteiger partial charge < -0.3 is 10.1 Å². The number of pyridine rings is 1. The maximum Gasteiger partial charge on any atom is 0.332 e. The van der Waals surface area contributed by atoms with Gasteiger partial charge in [-0.15, -0.1) is 18.2 Å². The molecular weight excluding hydrogens is 366 g/mol.